The highest BCUT2D eigenvalue weighted by Gasteiger charge is 2.22. The van der Waals surface area contributed by atoms with E-state index in [1.165, 1.54) is 22.9 Å². The summed E-state index contributed by atoms with van der Waals surface area (Å²) in [6.07, 6.45) is 3.92. The summed E-state index contributed by atoms with van der Waals surface area (Å²) in [6.45, 7) is 0.0395. The zero-order valence-corrected chi connectivity index (χ0v) is 9.61. The van der Waals surface area contributed by atoms with Gasteiger partial charge in [-0.25, -0.2) is 13.5 Å². The van der Waals surface area contributed by atoms with Crippen LogP contribution in [0.15, 0.2) is 24.4 Å². The van der Waals surface area contributed by atoms with Crippen molar-refractivity contribution in [1.29, 1.82) is 0 Å². The Morgan fingerprint density at radius 2 is 2.00 bits per heavy atom. The number of halogens is 2. The van der Waals surface area contributed by atoms with Crippen LogP contribution in [0.25, 0.3) is 0 Å². The molecule has 0 bridgehead atoms. The standard InChI is InChI=1S/C12H12F2N4/c13-10-2-1-3-11(14)9(10)6-18-7-12(16-17-18)15-8-4-5-8/h1-3,7-8,15H,4-6H2. The number of hydrogen-bond acceptors (Lipinski definition) is 3. The van der Waals surface area contributed by atoms with Crippen LogP contribution < -0.4 is 5.32 Å². The van der Waals surface area contributed by atoms with Crippen LogP contribution in [-0.4, -0.2) is 21.0 Å². The summed E-state index contributed by atoms with van der Waals surface area (Å²) in [5.41, 5.74) is 0.000344. The van der Waals surface area contributed by atoms with Crippen LogP contribution in [-0.2, 0) is 6.54 Å². The molecule has 94 valence electrons. The van der Waals surface area contributed by atoms with E-state index in [2.05, 4.69) is 15.6 Å². The van der Waals surface area contributed by atoms with E-state index in [0.29, 0.717) is 11.9 Å². The molecule has 1 aromatic heterocycles. The summed E-state index contributed by atoms with van der Waals surface area (Å²) in [4.78, 5) is 0. The molecule has 2 aromatic rings. The SMILES string of the molecule is Fc1cccc(F)c1Cn1cc(NC2CC2)nn1. The molecule has 1 heterocycles. The largest absolute Gasteiger partial charge is 0.365 e. The lowest BCUT2D eigenvalue weighted by atomic mass is 10.2. The summed E-state index contributed by atoms with van der Waals surface area (Å²) in [7, 11) is 0. The van der Waals surface area contributed by atoms with Gasteiger partial charge in [-0.15, -0.1) is 5.10 Å². The number of benzene rings is 1. The Bertz CT molecular complexity index is 543. The Balaban J connectivity index is 1.76. The van der Waals surface area contributed by atoms with E-state index >= 15 is 0 Å². The Morgan fingerprint density at radius 3 is 2.67 bits per heavy atom. The average Bonchev–Trinajstić information content (AvgIpc) is 3.03. The smallest absolute Gasteiger partial charge is 0.168 e. The second-order valence-corrected chi connectivity index (χ2v) is 4.42. The first-order chi connectivity index (χ1) is 8.72. The highest BCUT2D eigenvalue weighted by atomic mass is 19.1. The molecule has 0 spiro atoms. The van der Waals surface area contributed by atoms with E-state index in [9.17, 15) is 8.78 Å². The number of rotatable bonds is 4. The molecule has 0 radical (unpaired) electrons. The zero-order valence-electron chi connectivity index (χ0n) is 9.61. The molecule has 3 rings (SSSR count). The predicted octanol–water partition coefficient (Wildman–Crippen LogP) is 2.18. The molecule has 18 heavy (non-hydrogen) atoms. The van der Waals surface area contributed by atoms with Gasteiger partial charge in [0.25, 0.3) is 0 Å². The molecule has 0 aliphatic heterocycles. The predicted molar refractivity (Wildman–Crippen MR) is 62.1 cm³/mol. The maximum Gasteiger partial charge on any atom is 0.168 e. The molecular formula is C12H12F2N4. The van der Waals surface area contributed by atoms with E-state index in [4.69, 9.17) is 0 Å². The second-order valence-electron chi connectivity index (χ2n) is 4.42. The number of hydrogen-bond donors (Lipinski definition) is 1. The highest BCUT2D eigenvalue weighted by molar-refractivity contribution is 5.33. The van der Waals surface area contributed by atoms with E-state index < -0.39 is 11.6 Å². The van der Waals surface area contributed by atoms with Crippen LogP contribution in [0.4, 0.5) is 14.6 Å². The van der Waals surface area contributed by atoms with Crippen LogP contribution in [0.1, 0.15) is 18.4 Å². The van der Waals surface area contributed by atoms with Crippen LogP contribution in [0.3, 0.4) is 0 Å². The zero-order chi connectivity index (χ0) is 12.5. The van der Waals surface area contributed by atoms with Gasteiger partial charge in [-0.1, -0.05) is 11.3 Å². The molecule has 1 N–H and O–H groups in total. The van der Waals surface area contributed by atoms with Gasteiger partial charge in [0, 0.05) is 11.6 Å². The third-order valence-corrected chi connectivity index (χ3v) is 2.85. The molecule has 1 saturated carbocycles. The molecule has 0 atom stereocenters. The maximum atomic E-state index is 13.4. The van der Waals surface area contributed by atoms with Crippen molar-refractivity contribution in [2.24, 2.45) is 0 Å². The summed E-state index contributed by atoms with van der Waals surface area (Å²) in [5, 5.41) is 10.9. The first-order valence-electron chi connectivity index (χ1n) is 5.82. The average molecular weight is 250 g/mol. The van der Waals surface area contributed by atoms with Crippen molar-refractivity contribution in [2.45, 2.75) is 25.4 Å². The lowest BCUT2D eigenvalue weighted by molar-refractivity contribution is 0.528. The minimum atomic E-state index is -0.567. The van der Waals surface area contributed by atoms with Crippen molar-refractivity contribution in [3.05, 3.63) is 41.6 Å². The fourth-order valence-corrected chi connectivity index (χ4v) is 1.72. The molecule has 4 nitrogen and oxygen atoms in total. The lowest BCUT2D eigenvalue weighted by Crippen LogP contribution is -2.05. The summed E-state index contributed by atoms with van der Waals surface area (Å²) in [6, 6.07) is 4.29. The van der Waals surface area contributed by atoms with E-state index in [0.717, 1.165) is 12.8 Å². The van der Waals surface area contributed by atoms with Gasteiger partial charge in [0.05, 0.1) is 12.7 Å². The lowest BCUT2D eigenvalue weighted by Gasteiger charge is -2.03. The Hall–Kier alpha value is -1.98. The Labute approximate surface area is 103 Å². The van der Waals surface area contributed by atoms with E-state index in [1.807, 2.05) is 0 Å². The molecule has 0 amide bonds. The molecule has 1 aromatic carbocycles. The Kier molecular flexibility index (Phi) is 2.70. The van der Waals surface area contributed by atoms with Crippen molar-refractivity contribution in [2.75, 3.05) is 5.32 Å². The topological polar surface area (TPSA) is 42.7 Å². The van der Waals surface area contributed by atoms with Crippen LogP contribution >= 0.6 is 0 Å². The van der Waals surface area contributed by atoms with E-state index in [1.54, 1.807) is 6.20 Å². The fraction of sp³-hybridized carbons (Fsp3) is 0.333. The Morgan fingerprint density at radius 1 is 1.28 bits per heavy atom. The van der Waals surface area contributed by atoms with Crippen LogP contribution in [0.2, 0.25) is 0 Å². The number of anilines is 1. The number of aromatic nitrogens is 3. The van der Waals surface area contributed by atoms with Crippen molar-refractivity contribution in [3.63, 3.8) is 0 Å². The van der Waals surface area contributed by atoms with Gasteiger partial charge in [0.1, 0.15) is 11.6 Å². The minimum absolute atomic E-state index is 0.000344. The third kappa shape index (κ3) is 2.32. The van der Waals surface area contributed by atoms with Gasteiger partial charge in [0.2, 0.25) is 0 Å². The maximum absolute atomic E-state index is 13.4. The molecule has 1 aliphatic carbocycles. The van der Waals surface area contributed by atoms with Crippen molar-refractivity contribution in [3.8, 4) is 0 Å². The minimum Gasteiger partial charge on any atom is -0.365 e. The van der Waals surface area contributed by atoms with Gasteiger partial charge >= 0.3 is 0 Å². The fourth-order valence-electron chi connectivity index (χ4n) is 1.72. The molecule has 0 unspecified atom stereocenters. The van der Waals surface area contributed by atoms with E-state index in [-0.39, 0.29) is 12.1 Å². The van der Waals surface area contributed by atoms with Gasteiger partial charge in [0.15, 0.2) is 5.82 Å². The van der Waals surface area contributed by atoms with Crippen LogP contribution in [0, 0.1) is 11.6 Å². The van der Waals surface area contributed by atoms with Gasteiger partial charge in [-0.3, -0.25) is 0 Å². The quantitative estimate of drug-likeness (QED) is 0.904. The second kappa shape index (κ2) is 4.36. The normalized spacial score (nSPS) is 14.8. The van der Waals surface area contributed by atoms with Gasteiger partial charge in [-0.2, -0.15) is 0 Å². The molecule has 1 fully saturated rings. The first-order valence-corrected chi connectivity index (χ1v) is 5.82. The van der Waals surface area contributed by atoms with Crippen molar-refractivity contribution in [1.82, 2.24) is 15.0 Å². The van der Waals surface area contributed by atoms with Crippen LogP contribution in [0.5, 0.6) is 0 Å². The molecule has 1 aliphatic rings. The summed E-state index contributed by atoms with van der Waals surface area (Å²) < 4.78 is 28.3. The number of nitrogens with one attached hydrogen (secondary N) is 1. The molecular weight excluding hydrogens is 238 g/mol. The monoisotopic (exact) mass is 250 g/mol. The third-order valence-electron chi connectivity index (χ3n) is 2.85. The molecule has 0 saturated heterocycles. The van der Waals surface area contributed by atoms with Gasteiger partial charge < -0.3 is 5.32 Å². The highest BCUT2D eigenvalue weighted by Crippen LogP contribution is 2.23. The first kappa shape index (κ1) is 11.1. The van der Waals surface area contributed by atoms with Crippen molar-refractivity contribution >= 4 is 5.82 Å². The summed E-state index contributed by atoms with van der Waals surface area (Å²) >= 11 is 0. The van der Waals surface area contributed by atoms with Crippen molar-refractivity contribution < 1.29 is 8.78 Å². The summed E-state index contributed by atoms with van der Waals surface area (Å²) in [5.74, 6) is -0.487. The van der Waals surface area contributed by atoms with Gasteiger partial charge in [-0.05, 0) is 25.0 Å². The molecule has 6 heteroatoms. The number of nitrogens with zero attached hydrogens (tertiary/aromatic N) is 3.